The summed E-state index contributed by atoms with van der Waals surface area (Å²) in [6.07, 6.45) is 1.35. The monoisotopic (exact) mass is 231 g/mol. The van der Waals surface area contributed by atoms with Crippen LogP contribution in [0, 0.1) is 13.8 Å². The highest BCUT2D eigenvalue weighted by molar-refractivity contribution is 6.04. The van der Waals surface area contributed by atoms with Crippen molar-refractivity contribution in [3.63, 3.8) is 0 Å². The molecule has 0 bridgehead atoms. The molecule has 1 heterocycles. The zero-order chi connectivity index (χ0) is 12.4. The van der Waals surface area contributed by atoms with Crippen molar-refractivity contribution >= 4 is 17.3 Å². The topological polar surface area (TPSA) is 96.7 Å². The molecule has 0 spiro atoms. The largest absolute Gasteiger partial charge is 0.397 e. The number of aromatic nitrogens is 3. The van der Waals surface area contributed by atoms with Crippen molar-refractivity contribution in [3.8, 4) is 0 Å². The normalized spacial score (nSPS) is 10.2. The van der Waals surface area contributed by atoms with E-state index in [-0.39, 0.29) is 11.6 Å². The number of nitrogens with one attached hydrogen (secondary N) is 2. The molecule has 2 aromatic rings. The molecule has 0 aliphatic rings. The van der Waals surface area contributed by atoms with E-state index in [1.807, 2.05) is 26.0 Å². The molecule has 0 atom stereocenters. The standard InChI is InChI=1S/C11H13N5O/c1-6-3-8(12)9(4-7(6)2)14-11(17)10-5-13-16-15-10/h3-5H,12H2,1-2H3,(H,14,17)(H,13,15,16). The van der Waals surface area contributed by atoms with Crippen molar-refractivity contribution in [2.75, 3.05) is 11.1 Å². The molecule has 1 amide bonds. The predicted molar refractivity (Wildman–Crippen MR) is 64.7 cm³/mol. The molecule has 1 aromatic carbocycles. The van der Waals surface area contributed by atoms with Crippen molar-refractivity contribution in [3.05, 3.63) is 35.2 Å². The van der Waals surface area contributed by atoms with Crippen LogP contribution in [0.4, 0.5) is 11.4 Å². The van der Waals surface area contributed by atoms with E-state index in [1.54, 1.807) is 0 Å². The molecule has 0 aliphatic heterocycles. The van der Waals surface area contributed by atoms with Gasteiger partial charge in [0.2, 0.25) is 0 Å². The number of rotatable bonds is 2. The maximum Gasteiger partial charge on any atom is 0.277 e. The van der Waals surface area contributed by atoms with Crippen LogP contribution in [0.15, 0.2) is 18.3 Å². The highest BCUT2D eigenvalue weighted by atomic mass is 16.2. The zero-order valence-electron chi connectivity index (χ0n) is 9.61. The van der Waals surface area contributed by atoms with Gasteiger partial charge >= 0.3 is 0 Å². The van der Waals surface area contributed by atoms with E-state index < -0.39 is 0 Å². The smallest absolute Gasteiger partial charge is 0.277 e. The molecular weight excluding hydrogens is 218 g/mol. The lowest BCUT2D eigenvalue weighted by Gasteiger charge is -2.09. The van der Waals surface area contributed by atoms with Gasteiger partial charge in [-0.15, -0.1) is 0 Å². The number of nitrogens with two attached hydrogens (primary N) is 1. The van der Waals surface area contributed by atoms with Gasteiger partial charge in [0.1, 0.15) is 0 Å². The molecule has 0 saturated carbocycles. The van der Waals surface area contributed by atoms with Gasteiger partial charge in [-0.1, -0.05) is 0 Å². The Morgan fingerprint density at radius 2 is 2.06 bits per heavy atom. The van der Waals surface area contributed by atoms with E-state index in [1.165, 1.54) is 6.20 Å². The fraction of sp³-hybridized carbons (Fsp3) is 0.182. The number of benzene rings is 1. The van der Waals surface area contributed by atoms with Crippen molar-refractivity contribution < 1.29 is 4.79 Å². The molecule has 0 saturated heterocycles. The van der Waals surface area contributed by atoms with Crippen molar-refractivity contribution in [1.29, 1.82) is 0 Å². The second kappa shape index (κ2) is 4.25. The van der Waals surface area contributed by atoms with Crippen molar-refractivity contribution in [2.45, 2.75) is 13.8 Å². The van der Waals surface area contributed by atoms with Crippen molar-refractivity contribution in [1.82, 2.24) is 15.4 Å². The van der Waals surface area contributed by atoms with Gasteiger partial charge < -0.3 is 11.1 Å². The first-order valence-electron chi connectivity index (χ1n) is 5.12. The molecule has 17 heavy (non-hydrogen) atoms. The Balaban J connectivity index is 2.25. The summed E-state index contributed by atoms with van der Waals surface area (Å²) in [7, 11) is 0. The summed E-state index contributed by atoms with van der Waals surface area (Å²) in [5, 5.41) is 12.3. The van der Waals surface area contributed by atoms with E-state index in [9.17, 15) is 4.79 Å². The molecule has 2 rings (SSSR count). The molecule has 88 valence electrons. The molecule has 4 N–H and O–H groups in total. The van der Waals surface area contributed by atoms with Crippen molar-refractivity contribution in [2.24, 2.45) is 0 Å². The van der Waals surface area contributed by atoms with Crippen LogP contribution >= 0.6 is 0 Å². The maximum absolute atomic E-state index is 11.7. The van der Waals surface area contributed by atoms with Crippen LogP contribution < -0.4 is 11.1 Å². The number of aromatic amines is 1. The molecule has 1 aromatic heterocycles. The Hall–Kier alpha value is -2.37. The van der Waals surface area contributed by atoms with E-state index in [0.717, 1.165) is 11.1 Å². The summed E-state index contributed by atoms with van der Waals surface area (Å²) in [5.74, 6) is -0.339. The summed E-state index contributed by atoms with van der Waals surface area (Å²) >= 11 is 0. The number of H-pyrrole nitrogens is 1. The number of nitrogen functional groups attached to an aromatic ring is 1. The van der Waals surface area contributed by atoms with E-state index in [4.69, 9.17) is 5.73 Å². The van der Waals surface area contributed by atoms with Crippen LogP contribution in [-0.4, -0.2) is 21.3 Å². The summed E-state index contributed by atoms with van der Waals surface area (Å²) in [6.45, 7) is 3.93. The maximum atomic E-state index is 11.7. The Morgan fingerprint density at radius 3 is 2.71 bits per heavy atom. The quantitative estimate of drug-likeness (QED) is 0.678. The minimum atomic E-state index is -0.339. The van der Waals surface area contributed by atoms with Gasteiger partial charge in [0.25, 0.3) is 5.91 Å². The second-order valence-electron chi connectivity index (χ2n) is 3.83. The Kier molecular flexibility index (Phi) is 2.78. The van der Waals surface area contributed by atoms with Crippen LogP contribution in [0.25, 0.3) is 0 Å². The second-order valence-corrected chi connectivity index (χ2v) is 3.83. The lowest BCUT2D eigenvalue weighted by atomic mass is 10.1. The van der Waals surface area contributed by atoms with Crippen LogP contribution in [-0.2, 0) is 0 Å². The number of hydrogen-bond acceptors (Lipinski definition) is 4. The third kappa shape index (κ3) is 2.25. The van der Waals surface area contributed by atoms with Gasteiger partial charge in [-0.2, -0.15) is 15.4 Å². The van der Waals surface area contributed by atoms with Gasteiger partial charge in [-0.3, -0.25) is 4.79 Å². The highest BCUT2D eigenvalue weighted by Crippen LogP contribution is 2.23. The minimum absolute atomic E-state index is 0.225. The lowest BCUT2D eigenvalue weighted by molar-refractivity contribution is 0.102. The summed E-state index contributed by atoms with van der Waals surface area (Å²) < 4.78 is 0. The highest BCUT2D eigenvalue weighted by Gasteiger charge is 2.11. The molecule has 0 radical (unpaired) electrons. The van der Waals surface area contributed by atoms with Gasteiger partial charge in [0.05, 0.1) is 17.6 Å². The third-order valence-corrected chi connectivity index (χ3v) is 2.56. The number of anilines is 2. The minimum Gasteiger partial charge on any atom is -0.397 e. The van der Waals surface area contributed by atoms with Gasteiger partial charge in [-0.05, 0) is 37.1 Å². The first-order valence-corrected chi connectivity index (χ1v) is 5.12. The summed E-state index contributed by atoms with van der Waals surface area (Å²) in [6, 6.07) is 3.66. The van der Waals surface area contributed by atoms with E-state index in [2.05, 4.69) is 20.7 Å². The Bertz CT molecular complexity index is 547. The number of carbonyl (C=O) groups is 1. The third-order valence-electron chi connectivity index (χ3n) is 2.56. The number of carbonyl (C=O) groups excluding carboxylic acids is 1. The Labute approximate surface area is 98.2 Å². The number of hydrogen-bond donors (Lipinski definition) is 3. The van der Waals surface area contributed by atoms with Crippen LogP contribution in [0.5, 0.6) is 0 Å². The van der Waals surface area contributed by atoms with E-state index in [0.29, 0.717) is 11.4 Å². The number of aryl methyl sites for hydroxylation is 2. The number of nitrogens with zero attached hydrogens (tertiary/aromatic N) is 2. The predicted octanol–water partition coefficient (Wildman–Crippen LogP) is 1.26. The fourth-order valence-electron chi connectivity index (χ4n) is 1.44. The molecule has 0 fully saturated rings. The lowest BCUT2D eigenvalue weighted by Crippen LogP contribution is -2.14. The number of amides is 1. The first-order chi connectivity index (χ1) is 8.08. The zero-order valence-corrected chi connectivity index (χ0v) is 9.61. The van der Waals surface area contributed by atoms with Crippen LogP contribution in [0.2, 0.25) is 0 Å². The molecule has 0 aliphatic carbocycles. The summed E-state index contributed by atoms with van der Waals surface area (Å²) in [4.78, 5) is 11.7. The molecule has 6 heteroatoms. The molecular formula is C11H13N5O. The SMILES string of the molecule is Cc1cc(N)c(NC(=O)c2cn[nH]n2)cc1C. The molecule has 0 unspecified atom stereocenters. The molecule has 6 nitrogen and oxygen atoms in total. The van der Waals surface area contributed by atoms with E-state index >= 15 is 0 Å². The summed E-state index contributed by atoms with van der Waals surface area (Å²) in [5.41, 5.74) is 9.32. The van der Waals surface area contributed by atoms with Gasteiger partial charge in [-0.25, -0.2) is 0 Å². The fourth-order valence-corrected chi connectivity index (χ4v) is 1.44. The van der Waals surface area contributed by atoms with Crippen LogP contribution in [0.1, 0.15) is 21.6 Å². The van der Waals surface area contributed by atoms with Crippen LogP contribution in [0.3, 0.4) is 0 Å². The van der Waals surface area contributed by atoms with Gasteiger partial charge in [0, 0.05) is 0 Å². The average molecular weight is 231 g/mol. The first kappa shape index (κ1) is 11.1. The Morgan fingerprint density at radius 1 is 1.35 bits per heavy atom. The average Bonchev–Trinajstić information content (AvgIpc) is 2.79. The van der Waals surface area contributed by atoms with Gasteiger partial charge in [0.15, 0.2) is 5.69 Å².